The monoisotopic (exact) mass is 111 g/mol. The van der Waals surface area contributed by atoms with E-state index in [-0.39, 0.29) is 0 Å². The van der Waals surface area contributed by atoms with Crippen LogP contribution in [-0.4, -0.2) is 5.11 Å². The Kier molecular flexibility index (Phi) is 1.16. The molecule has 0 aromatic heterocycles. The van der Waals surface area contributed by atoms with E-state index in [4.69, 9.17) is 5.11 Å². The number of phenolic OH excluding ortho intramolecular Hbond substituents is 1. The lowest BCUT2D eigenvalue weighted by molar-refractivity contribution is 0.431. The van der Waals surface area contributed by atoms with Crippen LogP contribution in [0.5, 0.6) is 5.75 Å². The molecule has 0 atom stereocenters. The molecule has 0 unspecified atom stereocenters. The van der Waals surface area contributed by atoms with Crippen LogP contribution in [0.4, 0.5) is 4.39 Å². The maximum Gasteiger partial charge on any atom is 0.165 e. The molecule has 0 aliphatic carbocycles. The average Bonchev–Trinajstić information content (AvgIpc) is 1.77. The lowest BCUT2D eigenvalue weighted by Crippen LogP contribution is -1.70. The van der Waals surface area contributed by atoms with Gasteiger partial charge in [0.25, 0.3) is 0 Å². The molecule has 2 heteroatoms. The van der Waals surface area contributed by atoms with Crippen LogP contribution in [0.25, 0.3) is 0 Å². The second-order valence-electron chi connectivity index (χ2n) is 1.37. The van der Waals surface area contributed by atoms with E-state index < -0.39 is 11.6 Å². The third-order valence-corrected chi connectivity index (χ3v) is 0.785. The maximum absolute atomic E-state index is 12.0. The summed E-state index contributed by atoms with van der Waals surface area (Å²) in [4.78, 5) is 0. The van der Waals surface area contributed by atoms with Gasteiger partial charge in [0, 0.05) is 6.07 Å². The van der Waals surface area contributed by atoms with Gasteiger partial charge in [-0.2, -0.15) is 0 Å². The molecule has 0 aliphatic heterocycles. The van der Waals surface area contributed by atoms with Gasteiger partial charge in [0.15, 0.2) is 11.6 Å². The minimum Gasteiger partial charge on any atom is -0.504 e. The van der Waals surface area contributed by atoms with Gasteiger partial charge in [0.1, 0.15) is 0 Å². The van der Waals surface area contributed by atoms with Crippen molar-refractivity contribution < 1.29 is 9.50 Å². The summed E-state index contributed by atoms with van der Waals surface area (Å²) < 4.78 is 12.0. The molecule has 1 aromatic carbocycles. The standard InChI is InChI=1S/C6H4FO/c7-5-3-1-2-4-6(5)8/h1-3,8H. The quantitative estimate of drug-likeness (QED) is 0.535. The molecule has 0 aliphatic rings. The van der Waals surface area contributed by atoms with Crippen LogP contribution in [0, 0.1) is 11.9 Å². The van der Waals surface area contributed by atoms with E-state index >= 15 is 0 Å². The van der Waals surface area contributed by atoms with Gasteiger partial charge in [-0.25, -0.2) is 4.39 Å². The summed E-state index contributed by atoms with van der Waals surface area (Å²) in [6, 6.07) is 6.36. The molecule has 0 saturated carbocycles. The minimum absolute atomic E-state index is 0.424. The summed E-state index contributed by atoms with van der Waals surface area (Å²) in [5, 5.41) is 8.49. The number of halogens is 1. The zero-order chi connectivity index (χ0) is 5.98. The Bertz CT molecular complexity index is 165. The molecule has 41 valence electrons. The molecule has 0 fully saturated rings. The number of aromatic hydroxyl groups is 1. The number of rotatable bonds is 0. The van der Waals surface area contributed by atoms with Gasteiger partial charge in [-0.05, 0) is 6.07 Å². The zero-order valence-corrected chi connectivity index (χ0v) is 4.06. The fourth-order valence-corrected chi connectivity index (χ4v) is 0.408. The van der Waals surface area contributed by atoms with Crippen molar-refractivity contribution in [2.24, 2.45) is 0 Å². The van der Waals surface area contributed by atoms with Gasteiger partial charge in [0.2, 0.25) is 0 Å². The van der Waals surface area contributed by atoms with Gasteiger partial charge in [-0.3, -0.25) is 0 Å². The molecule has 0 saturated heterocycles. The number of para-hydroxylation sites is 1. The van der Waals surface area contributed by atoms with Gasteiger partial charge in [0.05, 0.1) is 0 Å². The first-order chi connectivity index (χ1) is 3.80. The Morgan fingerprint density at radius 1 is 1.62 bits per heavy atom. The highest BCUT2D eigenvalue weighted by molar-refractivity contribution is 5.19. The smallest absolute Gasteiger partial charge is 0.165 e. The highest BCUT2D eigenvalue weighted by Crippen LogP contribution is 2.10. The van der Waals surface area contributed by atoms with E-state index in [9.17, 15) is 4.39 Å². The third kappa shape index (κ3) is 0.780. The van der Waals surface area contributed by atoms with Crippen molar-refractivity contribution in [1.82, 2.24) is 0 Å². The van der Waals surface area contributed by atoms with Crippen molar-refractivity contribution in [3.63, 3.8) is 0 Å². The van der Waals surface area contributed by atoms with Crippen molar-refractivity contribution in [1.29, 1.82) is 0 Å². The first kappa shape index (κ1) is 5.09. The van der Waals surface area contributed by atoms with Crippen LogP contribution in [-0.2, 0) is 0 Å². The van der Waals surface area contributed by atoms with Crippen molar-refractivity contribution in [3.05, 3.63) is 30.1 Å². The predicted molar refractivity (Wildman–Crippen MR) is 26.9 cm³/mol. The Hall–Kier alpha value is -1.05. The van der Waals surface area contributed by atoms with Crippen LogP contribution in [0.1, 0.15) is 0 Å². The molecule has 0 amide bonds. The molecule has 0 bridgehead atoms. The van der Waals surface area contributed by atoms with Crippen LogP contribution in [0.15, 0.2) is 18.2 Å². The molecule has 8 heavy (non-hydrogen) atoms. The van der Waals surface area contributed by atoms with Crippen molar-refractivity contribution in [3.8, 4) is 5.75 Å². The molecule has 1 rings (SSSR count). The van der Waals surface area contributed by atoms with Gasteiger partial charge in [-0.15, -0.1) is 0 Å². The second-order valence-corrected chi connectivity index (χ2v) is 1.37. The summed E-state index contributed by atoms with van der Waals surface area (Å²) in [5.74, 6) is -1.06. The summed E-state index contributed by atoms with van der Waals surface area (Å²) in [5.41, 5.74) is 0. The summed E-state index contributed by atoms with van der Waals surface area (Å²) in [7, 11) is 0. The Morgan fingerprint density at radius 2 is 2.38 bits per heavy atom. The molecule has 1 aromatic rings. The Balaban J connectivity index is 3.13. The van der Waals surface area contributed by atoms with Gasteiger partial charge in [-0.1, -0.05) is 12.1 Å². The van der Waals surface area contributed by atoms with E-state index in [1.54, 1.807) is 0 Å². The van der Waals surface area contributed by atoms with E-state index in [0.29, 0.717) is 0 Å². The van der Waals surface area contributed by atoms with Crippen LogP contribution >= 0.6 is 0 Å². The number of benzene rings is 1. The fourth-order valence-electron chi connectivity index (χ4n) is 0.408. The SMILES string of the molecule is Oc1[c]cccc1F. The predicted octanol–water partition coefficient (Wildman–Crippen LogP) is 1.33. The molecule has 1 radical (unpaired) electrons. The van der Waals surface area contributed by atoms with E-state index in [0.717, 1.165) is 0 Å². The van der Waals surface area contributed by atoms with E-state index in [1.165, 1.54) is 18.2 Å². The molecular weight excluding hydrogens is 107 g/mol. The first-order valence-corrected chi connectivity index (χ1v) is 2.16. The molecule has 1 nitrogen and oxygen atoms in total. The van der Waals surface area contributed by atoms with E-state index in [1.807, 2.05) is 0 Å². The van der Waals surface area contributed by atoms with Crippen LogP contribution < -0.4 is 0 Å². The minimum atomic E-state index is -0.632. The Morgan fingerprint density at radius 3 is 2.75 bits per heavy atom. The molecular formula is C6H4FO. The number of phenols is 1. The highest BCUT2D eigenvalue weighted by atomic mass is 19.1. The summed E-state index contributed by atoms with van der Waals surface area (Å²) in [6.45, 7) is 0. The first-order valence-electron chi connectivity index (χ1n) is 2.16. The van der Waals surface area contributed by atoms with Crippen LogP contribution in [0.3, 0.4) is 0 Å². The largest absolute Gasteiger partial charge is 0.504 e. The molecule has 1 N–H and O–H groups in total. The molecule has 0 spiro atoms. The second kappa shape index (κ2) is 1.82. The number of hydrogen-bond donors (Lipinski definition) is 1. The normalized spacial score (nSPS) is 9.12. The fraction of sp³-hybridized carbons (Fsp3) is 0. The van der Waals surface area contributed by atoms with Crippen LogP contribution in [0.2, 0.25) is 0 Å². The average molecular weight is 111 g/mol. The lowest BCUT2D eigenvalue weighted by Gasteiger charge is -1.87. The van der Waals surface area contributed by atoms with Crippen molar-refractivity contribution in [2.45, 2.75) is 0 Å². The van der Waals surface area contributed by atoms with E-state index in [2.05, 4.69) is 6.07 Å². The molecule has 0 heterocycles. The van der Waals surface area contributed by atoms with Gasteiger partial charge >= 0.3 is 0 Å². The Labute approximate surface area is 46.4 Å². The maximum atomic E-state index is 12.0. The van der Waals surface area contributed by atoms with Crippen molar-refractivity contribution >= 4 is 0 Å². The number of hydrogen-bond acceptors (Lipinski definition) is 1. The van der Waals surface area contributed by atoms with Gasteiger partial charge < -0.3 is 5.11 Å². The van der Waals surface area contributed by atoms with Crippen molar-refractivity contribution in [2.75, 3.05) is 0 Å². The summed E-state index contributed by atoms with van der Waals surface area (Å²) in [6.07, 6.45) is 0. The topological polar surface area (TPSA) is 20.2 Å². The lowest BCUT2D eigenvalue weighted by atomic mass is 10.3. The highest BCUT2D eigenvalue weighted by Gasteiger charge is 1.92. The third-order valence-electron chi connectivity index (χ3n) is 0.785. The zero-order valence-electron chi connectivity index (χ0n) is 4.06. The summed E-state index contributed by atoms with van der Waals surface area (Å²) >= 11 is 0.